The Morgan fingerprint density at radius 1 is 0.921 bits per heavy atom. The molecule has 1 amide bonds. The lowest BCUT2D eigenvalue weighted by Gasteiger charge is -2.24. The maximum absolute atomic E-state index is 12.2. The maximum Gasteiger partial charge on any atom is 0.251 e. The molecule has 0 fully saturated rings. The summed E-state index contributed by atoms with van der Waals surface area (Å²) in [5.74, 6) is 1.35. The Labute approximate surface area is 233 Å². The summed E-state index contributed by atoms with van der Waals surface area (Å²) in [7, 11) is 1.61. The number of ether oxygens (including phenoxy) is 1. The topological polar surface area (TPSA) is 67.3 Å². The molecule has 0 aliphatic heterocycles. The molecule has 0 saturated carbocycles. The Kier molecular flexibility index (Phi) is 10.6. The lowest BCUT2D eigenvalue weighted by Crippen LogP contribution is -2.26. The molecule has 3 aromatic carbocycles. The smallest absolute Gasteiger partial charge is 0.251 e. The summed E-state index contributed by atoms with van der Waals surface area (Å²) in [5, 5.41) is 3.86. The molecule has 4 rings (SSSR count). The van der Waals surface area contributed by atoms with Crippen LogP contribution in [0.25, 0.3) is 0 Å². The van der Waals surface area contributed by atoms with E-state index in [-0.39, 0.29) is 5.91 Å². The molecular formula is C30H31ClN4O2S. The summed E-state index contributed by atoms with van der Waals surface area (Å²) in [6, 6.07) is 30.2. The molecule has 196 valence electrons. The molecule has 0 atom stereocenters. The number of amides is 1. The van der Waals surface area contributed by atoms with Crippen molar-refractivity contribution in [2.24, 2.45) is 0 Å². The molecule has 0 aliphatic rings. The van der Waals surface area contributed by atoms with E-state index >= 15 is 0 Å². The molecule has 1 N–H and O–H groups in total. The van der Waals surface area contributed by atoms with Crippen molar-refractivity contribution in [3.63, 3.8) is 0 Å². The first kappa shape index (κ1) is 27.6. The van der Waals surface area contributed by atoms with E-state index in [0.29, 0.717) is 34.8 Å². The molecule has 6 nitrogen and oxygen atoms in total. The molecule has 1 heterocycles. The van der Waals surface area contributed by atoms with E-state index in [1.54, 1.807) is 7.11 Å². The molecule has 0 saturated heterocycles. The maximum atomic E-state index is 12.2. The van der Waals surface area contributed by atoms with Crippen molar-refractivity contribution in [2.45, 2.75) is 23.9 Å². The van der Waals surface area contributed by atoms with Crippen LogP contribution in [0.3, 0.4) is 0 Å². The number of carbonyl (C=O) groups is 1. The summed E-state index contributed by atoms with van der Waals surface area (Å²) in [6.45, 7) is 2.48. The van der Waals surface area contributed by atoms with Gasteiger partial charge in [-0.3, -0.25) is 4.79 Å². The van der Waals surface area contributed by atoms with Gasteiger partial charge in [-0.1, -0.05) is 96.2 Å². The van der Waals surface area contributed by atoms with E-state index in [2.05, 4.69) is 51.6 Å². The molecule has 0 aliphatic carbocycles. The van der Waals surface area contributed by atoms with Crippen LogP contribution in [-0.4, -0.2) is 42.7 Å². The quantitative estimate of drug-likeness (QED) is 0.0953. The van der Waals surface area contributed by atoms with Crippen molar-refractivity contribution >= 4 is 35.1 Å². The number of nitrogens with one attached hydrogen (secondary N) is 1. The first-order valence-electron chi connectivity index (χ1n) is 12.5. The van der Waals surface area contributed by atoms with Crippen molar-refractivity contribution in [1.82, 2.24) is 15.3 Å². The fourth-order valence-corrected chi connectivity index (χ4v) is 4.91. The highest BCUT2D eigenvalue weighted by atomic mass is 35.5. The standard InChI is InChI=1S/C30H31ClN4O2S/c1-37-19-17-32-29(36)26-14-12-25(13-15-26)22-38-30-33-27(31)20-28(34-30)35(21-24-10-6-3-7-11-24)18-16-23-8-4-2-5-9-23/h2-15,20H,16-19,21-22H2,1H3,(H,32,36). The number of methoxy groups -OCH3 is 1. The van der Waals surface area contributed by atoms with Gasteiger partial charge in [0, 0.05) is 44.1 Å². The number of rotatable bonds is 13. The fourth-order valence-electron chi connectivity index (χ4n) is 3.87. The van der Waals surface area contributed by atoms with Crippen LogP contribution in [0.2, 0.25) is 5.15 Å². The van der Waals surface area contributed by atoms with Crippen LogP contribution in [0, 0.1) is 0 Å². The summed E-state index contributed by atoms with van der Waals surface area (Å²) >= 11 is 7.98. The Hall–Kier alpha value is -3.39. The summed E-state index contributed by atoms with van der Waals surface area (Å²) < 4.78 is 4.97. The molecule has 0 radical (unpaired) electrons. The summed E-state index contributed by atoms with van der Waals surface area (Å²) in [5.41, 5.74) is 4.16. The number of anilines is 1. The number of nitrogens with zero attached hydrogens (tertiary/aromatic N) is 3. The Balaban J connectivity index is 1.44. The first-order valence-corrected chi connectivity index (χ1v) is 13.8. The van der Waals surface area contributed by atoms with Gasteiger partial charge in [0.05, 0.1) is 6.61 Å². The van der Waals surface area contributed by atoms with Crippen molar-refractivity contribution in [1.29, 1.82) is 0 Å². The van der Waals surface area contributed by atoms with Crippen LogP contribution >= 0.6 is 23.4 Å². The Morgan fingerprint density at radius 3 is 2.29 bits per heavy atom. The molecule has 0 bridgehead atoms. The van der Waals surface area contributed by atoms with Gasteiger partial charge in [-0.2, -0.15) is 0 Å². The van der Waals surface area contributed by atoms with Crippen LogP contribution in [0.1, 0.15) is 27.0 Å². The highest BCUT2D eigenvalue weighted by Gasteiger charge is 2.14. The highest BCUT2D eigenvalue weighted by Crippen LogP contribution is 2.26. The minimum atomic E-state index is -0.113. The second-order valence-corrected chi connectivity index (χ2v) is 10.0. The Morgan fingerprint density at radius 2 is 1.61 bits per heavy atom. The largest absolute Gasteiger partial charge is 0.383 e. The van der Waals surface area contributed by atoms with E-state index in [1.807, 2.05) is 54.6 Å². The van der Waals surface area contributed by atoms with Gasteiger partial charge in [-0.25, -0.2) is 9.97 Å². The van der Waals surface area contributed by atoms with Crippen molar-refractivity contribution < 1.29 is 9.53 Å². The van der Waals surface area contributed by atoms with Crippen LogP contribution in [0.4, 0.5) is 5.82 Å². The van der Waals surface area contributed by atoms with Crippen molar-refractivity contribution in [2.75, 3.05) is 31.7 Å². The normalized spacial score (nSPS) is 10.8. The van der Waals surface area contributed by atoms with Gasteiger partial charge in [0.15, 0.2) is 5.16 Å². The van der Waals surface area contributed by atoms with Gasteiger partial charge >= 0.3 is 0 Å². The van der Waals surface area contributed by atoms with Gasteiger partial charge < -0.3 is 15.0 Å². The molecule has 1 aromatic heterocycles. The average molecular weight is 547 g/mol. The number of benzene rings is 3. The summed E-state index contributed by atoms with van der Waals surface area (Å²) in [6.07, 6.45) is 0.892. The van der Waals surface area contributed by atoms with E-state index in [0.717, 1.165) is 30.9 Å². The predicted octanol–water partition coefficient (Wildman–Crippen LogP) is 6.05. The third-order valence-corrected chi connectivity index (χ3v) is 7.00. The van der Waals surface area contributed by atoms with E-state index < -0.39 is 0 Å². The van der Waals surface area contributed by atoms with Crippen LogP contribution in [-0.2, 0) is 23.5 Å². The highest BCUT2D eigenvalue weighted by molar-refractivity contribution is 7.98. The van der Waals surface area contributed by atoms with Gasteiger partial charge in [-0.15, -0.1) is 0 Å². The van der Waals surface area contributed by atoms with Gasteiger partial charge in [0.2, 0.25) is 0 Å². The SMILES string of the molecule is COCCNC(=O)c1ccc(CSc2nc(Cl)cc(N(CCc3ccccc3)Cc3ccccc3)n2)cc1. The first-order chi connectivity index (χ1) is 18.6. The number of thioether (sulfide) groups is 1. The number of halogens is 1. The van der Waals surface area contributed by atoms with Crippen LogP contribution < -0.4 is 10.2 Å². The average Bonchev–Trinajstić information content (AvgIpc) is 2.95. The molecule has 38 heavy (non-hydrogen) atoms. The molecule has 8 heteroatoms. The monoisotopic (exact) mass is 546 g/mol. The van der Waals surface area contributed by atoms with Gasteiger partial charge in [0.25, 0.3) is 5.91 Å². The second-order valence-electron chi connectivity index (χ2n) is 8.71. The molecule has 0 spiro atoms. The Bertz CT molecular complexity index is 1290. The second kappa shape index (κ2) is 14.5. The van der Waals surface area contributed by atoms with Crippen LogP contribution in [0.5, 0.6) is 0 Å². The molecular weight excluding hydrogens is 516 g/mol. The van der Waals surface area contributed by atoms with Crippen LogP contribution in [0.15, 0.2) is 96.2 Å². The van der Waals surface area contributed by atoms with E-state index in [9.17, 15) is 4.79 Å². The number of carbonyl (C=O) groups excluding carboxylic acids is 1. The summed E-state index contributed by atoms with van der Waals surface area (Å²) in [4.78, 5) is 23.8. The number of hydrogen-bond donors (Lipinski definition) is 1. The third kappa shape index (κ3) is 8.58. The van der Waals surface area contributed by atoms with Crippen molar-refractivity contribution in [3.05, 3.63) is 118 Å². The minimum absolute atomic E-state index is 0.113. The zero-order valence-corrected chi connectivity index (χ0v) is 22.9. The zero-order valence-electron chi connectivity index (χ0n) is 21.3. The minimum Gasteiger partial charge on any atom is -0.383 e. The van der Waals surface area contributed by atoms with Crippen molar-refractivity contribution in [3.8, 4) is 0 Å². The van der Waals surface area contributed by atoms with E-state index in [1.165, 1.54) is 22.9 Å². The lowest BCUT2D eigenvalue weighted by molar-refractivity contribution is 0.0937. The zero-order chi connectivity index (χ0) is 26.6. The molecule has 0 unspecified atom stereocenters. The number of aromatic nitrogens is 2. The predicted molar refractivity (Wildman–Crippen MR) is 155 cm³/mol. The fraction of sp³-hybridized carbons (Fsp3) is 0.233. The lowest BCUT2D eigenvalue weighted by atomic mass is 10.1. The third-order valence-electron chi connectivity index (χ3n) is 5.89. The molecule has 4 aromatic rings. The van der Waals surface area contributed by atoms with E-state index in [4.69, 9.17) is 21.3 Å². The van der Waals surface area contributed by atoms with Gasteiger partial charge in [0.1, 0.15) is 11.0 Å². The number of hydrogen-bond acceptors (Lipinski definition) is 6. The van der Waals surface area contributed by atoms with Gasteiger partial charge in [-0.05, 0) is 35.2 Å².